The minimum atomic E-state index is -0.438. The van der Waals surface area contributed by atoms with Crippen LogP contribution in [0.3, 0.4) is 0 Å². The highest BCUT2D eigenvalue weighted by Gasteiger charge is 2.19. The molecule has 0 bridgehead atoms. The van der Waals surface area contributed by atoms with Gasteiger partial charge in [0.05, 0.1) is 23.6 Å². The van der Waals surface area contributed by atoms with Gasteiger partial charge in [0.2, 0.25) is 5.91 Å². The molecule has 0 aliphatic heterocycles. The maximum Gasteiger partial charge on any atom is 0.341 e. The summed E-state index contributed by atoms with van der Waals surface area (Å²) in [6, 6.07) is 9.04. The van der Waals surface area contributed by atoms with E-state index in [1.54, 1.807) is 36.0 Å². The average molecular weight is 451 g/mol. The van der Waals surface area contributed by atoms with Gasteiger partial charge in [0.15, 0.2) is 5.16 Å². The van der Waals surface area contributed by atoms with Crippen molar-refractivity contribution < 1.29 is 14.3 Å². The van der Waals surface area contributed by atoms with Crippen molar-refractivity contribution >= 4 is 51.6 Å². The van der Waals surface area contributed by atoms with E-state index in [4.69, 9.17) is 16.3 Å². The molecule has 152 valence electrons. The summed E-state index contributed by atoms with van der Waals surface area (Å²) in [6.45, 7) is 4.01. The Morgan fingerprint density at radius 3 is 2.86 bits per heavy atom. The van der Waals surface area contributed by atoms with E-state index in [1.165, 1.54) is 23.1 Å². The van der Waals surface area contributed by atoms with E-state index < -0.39 is 5.97 Å². The Bertz CT molecular complexity index is 1020. The Hall–Kier alpha value is -2.36. The number of anilines is 1. The van der Waals surface area contributed by atoms with Gasteiger partial charge in [-0.25, -0.2) is 4.79 Å². The molecule has 29 heavy (non-hydrogen) atoms. The third-order valence-electron chi connectivity index (χ3n) is 3.82. The van der Waals surface area contributed by atoms with Crippen LogP contribution >= 0.6 is 34.7 Å². The summed E-state index contributed by atoms with van der Waals surface area (Å²) in [6.07, 6.45) is 2.34. The molecule has 0 saturated heterocycles. The summed E-state index contributed by atoms with van der Waals surface area (Å²) >= 11 is 8.67. The topological polar surface area (TPSA) is 86.1 Å². The van der Waals surface area contributed by atoms with Crippen molar-refractivity contribution in [3.8, 4) is 5.69 Å². The second-order valence-corrected chi connectivity index (χ2v) is 8.35. The number of aryl methyl sites for hydroxylation is 1. The maximum absolute atomic E-state index is 12.5. The largest absolute Gasteiger partial charge is 0.462 e. The molecule has 0 saturated carbocycles. The van der Waals surface area contributed by atoms with Crippen molar-refractivity contribution in [3.05, 3.63) is 52.1 Å². The molecular formula is C19H19ClN4O3S2. The maximum atomic E-state index is 12.5. The highest BCUT2D eigenvalue weighted by atomic mass is 35.5. The van der Waals surface area contributed by atoms with Crippen molar-refractivity contribution in [2.24, 2.45) is 0 Å². The van der Waals surface area contributed by atoms with Crippen molar-refractivity contribution in [3.63, 3.8) is 0 Å². The lowest BCUT2D eigenvalue weighted by molar-refractivity contribution is -0.113. The van der Waals surface area contributed by atoms with Gasteiger partial charge >= 0.3 is 5.97 Å². The highest BCUT2D eigenvalue weighted by Crippen LogP contribution is 2.30. The fraction of sp³-hybridized carbons (Fsp3) is 0.263. The van der Waals surface area contributed by atoms with E-state index >= 15 is 0 Å². The van der Waals surface area contributed by atoms with Crippen LogP contribution in [0.2, 0.25) is 5.02 Å². The number of hydrogen-bond donors (Lipinski definition) is 1. The van der Waals surface area contributed by atoms with E-state index in [1.807, 2.05) is 19.1 Å². The van der Waals surface area contributed by atoms with Crippen molar-refractivity contribution in [2.75, 3.05) is 17.7 Å². The van der Waals surface area contributed by atoms with E-state index in [2.05, 4.69) is 15.5 Å². The van der Waals surface area contributed by atoms with E-state index in [9.17, 15) is 9.59 Å². The molecule has 0 radical (unpaired) electrons. The fourth-order valence-electron chi connectivity index (χ4n) is 2.49. The predicted molar refractivity (Wildman–Crippen MR) is 115 cm³/mol. The minimum Gasteiger partial charge on any atom is -0.462 e. The lowest BCUT2D eigenvalue weighted by atomic mass is 10.2. The number of thiophene rings is 1. The SMILES string of the molecule is CCOC(=O)c1cc(CC)sc1NC(=O)CSc1nncn1-c1cccc(Cl)c1. The number of halogens is 1. The van der Waals surface area contributed by atoms with Crippen LogP contribution in [0.25, 0.3) is 5.69 Å². The Morgan fingerprint density at radius 1 is 1.31 bits per heavy atom. The summed E-state index contributed by atoms with van der Waals surface area (Å²) in [5, 5.41) is 12.5. The summed E-state index contributed by atoms with van der Waals surface area (Å²) in [4.78, 5) is 25.6. The zero-order chi connectivity index (χ0) is 20.8. The number of ether oxygens (including phenoxy) is 1. The number of nitrogens with zero attached hydrogens (tertiary/aromatic N) is 3. The molecule has 0 aliphatic rings. The van der Waals surface area contributed by atoms with Gasteiger partial charge < -0.3 is 10.1 Å². The summed E-state index contributed by atoms with van der Waals surface area (Å²) in [5.41, 5.74) is 1.19. The summed E-state index contributed by atoms with van der Waals surface area (Å²) in [7, 11) is 0. The Labute approximate surface area is 181 Å². The second-order valence-electron chi connectivity index (χ2n) is 5.83. The number of carbonyl (C=O) groups is 2. The number of carbonyl (C=O) groups excluding carboxylic acids is 2. The number of thioether (sulfide) groups is 1. The van der Waals surface area contributed by atoms with Crippen LogP contribution < -0.4 is 5.32 Å². The van der Waals surface area contributed by atoms with Crippen LogP contribution in [-0.4, -0.2) is 39.0 Å². The Kier molecular flexibility index (Phi) is 7.29. The third-order valence-corrected chi connectivity index (χ3v) is 6.19. The van der Waals surface area contributed by atoms with E-state index in [-0.39, 0.29) is 18.3 Å². The molecule has 0 fully saturated rings. The summed E-state index contributed by atoms with van der Waals surface area (Å²) in [5.74, 6) is -0.571. The molecule has 2 aromatic heterocycles. The number of amides is 1. The first-order valence-corrected chi connectivity index (χ1v) is 11.1. The van der Waals surface area contributed by atoms with E-state index in [0.29, 0.717) is 20.7 Å². The molecule has 1 amide bonds. The number of hydrogen-bond acceptors (Lipinski definition) is 7. The molecule has 0 aliphatic carbocycles. The van der Waals surface area contributed by atoms with Gasteiger partial charge in [-0.3, -0.25) is 9.36 Å². The lowest BCUT2D eigenvalue weighted by Crippen LogP contribution is -2.16. The first-order valence-electron chi connectivity index (χ1n) is 8.90. The quantitative estimate of drug-likeness (QED) is 0.403. The summed E-state index contributed by atoms with van der Waals surface area (Å²) < 4.78 is 6.84. The first kappa shape index (κ1) is 21.4. The van der Waals surface area contributed by atoms with Crippen LogP contribution in [0.4, 0.5) is 5.00 Å². The number of rotatable bonds is 8. The van der Waals surface area contributed by atoms with Crippen LogP contribution in [0.5, 0.6) is 0 Å². The molecule has 10 heteroatoms. The fourth-order valence-corrected chi connectivity index (χ4v) is 4.40. The normalized spacial score (nSPS) is 10.7. The van der Waals surface area contributed by atoms with E-state index in [0.717, 1.165) is 17.0 Å². The van der Waals surface area contributed by atoms with Crippen LogP contribution in [-0.2, 0) is 16.0 Å². The third kappa shape index (κ3) is 5.37. The zero-order valence-corrected chi connectivity index (χ0v) is 18.2. The van der Waals surface area contributed by atoms with Gasteiger partial charge in [-0.2, -0.15) is 0 Å². The van der Waals surface area contributed by atoms with Gasteiger partial charge in [-0.1, -0.05) is 36.4 Å². The minimum absolute atomic E-state index is 0.112. The van der Waals surface area contributed by atoms with Crippen molar-refractivity contribution in [2.45, 2.75) is 25.4 Å². The smallest absolute Gasteiger partial charge is 0.341 e. The van der Waals surface area contributed by atoms with Crippen LogP contribution in [0, 0.1) is 0 Å². The molecule has 1 N–H and O–H groups in total. The van der Waals surface area contributed by atoms with Crippen LogP contribution in [0.15, 0.2) is 41.8 Å². The van der Waals surface area contributed by atoms with Gasteiger partial charge in [0, 0.05) is 9.90 Å². The lowest BCUT2D eigenvalue weighted by Gasteiger charge is -2.07. The molecule has 3 aromatic rings. The molecule has 0 atom stereocenters. The molecule has 0 unspecified atom stereocenters. The first-order chi connectivity index (χ1) is 14.0. The van der Waals surface area contributed by atoms with Crippen LogP contribution in [0.1, 0.15) is 29.1 Å². The standard InChI is InChI=1S/C19H19ClN4O3S2/c1-3-14-9-15(18(26)27-4-2)17(29-14)22-16(25)10-28-19-23-21-11-24(19)13-7-5-6-12(20)8-13/h5-9,11H,3-4,10H2,1-2H3,(H,22,25). The molecule has 3 rings (SSSR count). The van der Waals surface area contributed by atoms with Gasteiger partial charge in [-0.05, 0) is 37.6 Å². The van der Waals surface area contributed by atoms with Crippen molar-refractivity contribution in [1.29, 1.82) is 0 Å². The molecule has 7 nitrogen and oxygen atoms in total. The number of benzene rings is 1. The number of esters is 1. The average Bonchev–Trinajstić information content (AvgIpc) is 3.33. The van der Waals surface area contributed by atoms with Gasteiger partial charge in [0.1, 0.15) is 11.3 Å². The zero-order valence-electron chi connectivity index (χ0n) is 15.8. The second kappa shape index (κ2) is 9.91. The molecule has 0 spiro atoms. The Morgan fingerprint density at radius 2 is 2.14 bits per heavy atom. The number of aromatic nitrogens is 3. The number of nitrogens with one attached hydrogen (secondary N) is 1. The van der Waals surface area contributed by atoms with Gasteiger partial charge in [0.25, 0.3) is 0 Å². The monoisotopic (exact) mass is 450 g/mol. The van der Waals surface area contributed by atoms with Gasteiger partial charge in [-0.15, -0.1) is 21.5 Å². The Balaban J connectivity index is 1.68. The highest BCUT2D eigenvalue weighted by molar-refractivity contribution is 7.99. The molecular weight excluding hydrogens is 432 g/mol. The predicted octanol–water partition coefficient (Wildman–Crippen LogP) is 4.45. The molecule has 1 aromatic carbocycles. The van der Waals surface area contributed by atoms with Crippen molar-refractivity contribution in [1.82, 2.24) is 14.8 Å². The molecule has 2 heterocycles.